The number of nitrogens with one attached hydrogen (secondary N) is 1. The van der Waals surface area contributed by atoms with Crippen LogP contribution in [0.2, 0.25) is 5.02 Å². The standard InChI is InChI=1S/C19H23ClN2O/c1-2-3-4-8-13-23-19-12-11-16(14-18(19)20)15-21-22-17-9-6-5-7-10-17/h5-7,9-12,14-15,22H,2-4,8,13H2,1H3. The van der Waals surface area contributed by atoms with E-state index in [0.29, 0.717) is 11.6 Å². The molecular formula is C19H23ClN2O. The van der Waals surface area contributed by atoms with Gasteiger partial charge in [-0.05, 0) is 42.3 Å². The van der Waals surface area contributed by atoms with Crippen molar-refractivity contribution < 1.29 is 4.74 Å². The number of hydrogen-bond acceptors (Lipinski definition) is 3. The van der Waals surface area contributed by atoms with Crippen molar-refractivity contribution in [2.24, 2.45) is 5.10 Å². The van der Waals surface area contributed by atoms with Crippen molar-refractivity contribution in [3.05, 3.63) is 59.1 Å². The molecule has 0 bridgehead atoms. The molecule has 0 radical (unpaired) electrons. The van der Waals surface area contributed by atoms with Crippen molar-refractivity contribution in [2.75, 3.05) is 12.0 Å². The lowest BCUT2D eigenvalue weighted by molar-refractivity contribution is 0.305. The van der Waals surface area contributed by atoms with Crippen LogP contribution in [0.5, 0.6) is 5.75 Å². The zero-order valence-corrected chi connectivity index (χ0v) is 14.2. The number of halogens is 1. The highest BCUT2D eigenvalue weighted by atomic mass is 35.5. The number of hydrazone groups is 1. The molecule has 0 spiro atoms. The van der Waals surface area contributed by atoms with Crippen LogP contribution in [0.15, 0.2) is 53.6 Å². The third-order valence-electron chi connectivity index (χ3n) is 3.39. The minimum Gasteiger partial charge on any atom is -0.492 e. The zero-order chi connectivity index (χ0) is 16.3. The van der Waals surface area contributed by atoms with Crippen LogP contribution in [0.3, 0.4) is 0 Å². The molecule has 3 nitrogen and oxygen atoms in total. The van der Waals surface area contributed by atoms with Gasteiger partial charge in [0.15, 0.2) is 0 Å². The first kappa shape index (κ1) is 17.4. The Balaban J connectivity index is 1.83. The molecule has 0 atom stereocenters. The maximum absolute atomic E-state index is 6.26. The molecular weight excluding hydrogens is 308 g/mol. The largest absolute Gasteiger partial charge is 0.492 e. The summed E-state index contributed by atoms with van der Waals surface area (Å²) in [7, 11) is 0. The first-order valence-electron chi connectivity index (χ1n) is 8.06. The van der Waals surface area contributed by atoms with E-state index in [-0.39, 0.29) is 0 Å². The van der Waals surface area contributed by atoms with Crippen molar-refractivity contribution in [1.82, 2.24) is 0 Å². The lowest BCUT2D eigenvalue weighted by Crippen LogP contribution is -1.98. The summed E-state index contributed by atoms with van der Waals surface area (Å²) in [5, 5.41) is 4.82. The Morgan fingerprint density at radius 2 is 1.91 bits per heavy atom. The minimum atomic E-state index is 0.615. The average Bonchev–Trinajstić information content (AvgIpc) is 2.57. The number of unbranched alkanes of at least 4 members (excludes halogenated alkanes) is 3. The van der Waals surface area contributed by atoms with Gasteiger partial charge >= 0.3 is 0 Å². The van der Waals surface area contributed by atoms with Crippen molar-refractivity contribution in [3.8, 4) is 5.75 Å². The molecule has 0 fully saturated rings. The number of benzene rings is 2. The Morgan fingerprint density at radius 3 is 2.65 bits per heavy atom. The fraction of sp³-hybridized carbons (Fsp3) is 0.316. The summed E-state index contributed by atoms with van der Waals surface area (Å²) in [4.78, 5) is 0. The quantitative estimate of drug-likeness (QED) is 0.361. The molecule has 4 heteroatoms. The van der Waals surface area contributed by atoms with Gasteiger partial charge in [-0.25, -0.2) is 0 Å². The van der Waals surface area contributed by atoms with E-state index >= 15 is 0 Å². The topological polar surface area (TPSA) is 33.6 Å². The van der Waals surface area contributed by atoms with E-state index in [1.165, 1.54) is 19.3 Å². The zero-order valence-electron chi connectivity index (χ0n) is 13.5. The summed E-state index contributed by atoms with van der Waals surface area (Å²) in [5.74, 6) is 0.733. The fourth-order valence-corrected chi connectivity index (χ4v) is 2.36. The normalized spacial score (nSPS) is 10.9. The van der Waals surface area contributed by atoms with Crippen LogP contribution in [0.1, 0.15) is 38.2 Å². The fourth-order valence-electron chi connectivity index (χ4n) is 2.12. The summed E-state index contributed by atoms with van der Waals surface area (Å²) < 4.78 is 5.72. The first-order chi connectivity index (χ1) is 11.3. The first-order valence-corrected chi connectivity index (χ1v) is 8.44. The van der Waals surface area contributed by atoms with Crippen LogP contribution in [0, 0.1) is 0 Å². The molecule has 1 N–H and O–H groups in total. The monoisotopic (exact) mass is 330 g/mol. The lowest BCUT2D eigenvalue weighted by atomic mass is 10.2. The second-order valence-electron chi connectivity index (χ2n) is 5.34. The third-order valence-corrected chi connectivity index (χ3v) is 3.69. The van der Waals surface area contributed by atoms with Crippen LogP contribution >= 0.6 is 11.6 Å². The van der Waals surface area contributed by atoms with Gasteiger partial charge in [-0.2, -0.15) is 5.10 Å². The van der Waals surface area contributed by atoms with Gasteiger partial charge in [0.2, 0.25) is 0 Å². The van der Waals surface area contributed by atoms with Gasteiger partial charge < -0.3 is 4.74 Å². The van der Waals surface area contributed by atoms with E-state index in [4.69, 9.17) is 16.3 Å². The van der Waals surface area contributed by atoms with E-state index in [2.05, 4.69) is 17.5 Å². The van der Waals surface area contributed by atoms with Gasteiger partial charge in [-0.15, -0.1) is 0 Å². The second-order valence-corrected chi connectivity index (χ2v) is 5.74. The van der Waals surface area contributed by atoms with Crippen molar-refractivity contribution in [1.29, 1.82) is 0 Å². The highest BCUT2D eigenvalue weighted by molar-refractivity contribution is 6.32. The van der Waals surface area contributed by atoms with E-state index in [1.807, 2.05) is 48.5 Å². The Bertz CT molecular complexity index is 614. The van der Waals surface area contributed by atoms with E-state index < -0.39 is 0 Å². The van der Waals surface area contributed by atoms with Gasteiger partial charge in [0.1, 0.15) is 5.75 Å². The molecule has 0 unspecified atom stereocenters. The number of para-hydroxylation sites is 1. The summed E-state index contributed by atoms with van der Waals surface area (Å²) in [5.41, 5.74) is 4.85. The molecule has 0 saturated carbocycles. The van der Waals surface area contributed by atoms with Crippen LogP contribution in [0.4, 0.5) is 5.69 Å². The smallest absolute Gasteiger partial charge is 0.137 e. The number of anilines is 1. The van der Waals surface area contributed by atoms with E-state index in [9.17, 15) is 0 Å². The molecule has 0 heterocycles. The molecule has 0 aromatic heterocycles. The van der Waals surface area contributed by atoms with Crippen molar-refractivity contribution in [2.45, 2.75) is 32.6 Å². The number of ether oxygens (including phenoxy) is 1. The van der Waals surface area contributed by atoms with Crippen LogP contribution in [0.25, 0.3) is 0 Å². The van der Waals surface area contributed by atoms with Crippen LogP contribution in [-0.2, 0) is 0 Å². The highest BCUT2D eigenvalue weighted by Gasteiger charge is 2.02. The highest BCUT2D eigenvalue weighted by Crippen LogP contribution is 2.25. The van der Waals surface area contributed by atoms with Gasteiger partial charge in [-0.1, -0.05) is 56.0 Å². The maximum Gasteiger partial charge on any atom is 0.137 e. The second kappa shape index (κ2) is 9.90. The summed E-state index contributed by atoms with van der Waals surface area (Å²) in [6.45, 7) is 2.91. The molecule has 0 amide bonds. The molecule has 2 rings (SSSR count). The Labute approximate surface area is 143 Å². The molecule has 23 heavy (non-hydrogen) atoms. The van der Waals surface area contributed by atoms with Crippen molar-refractivity contribution in [3.63, 3.8) is 0 Å². The Morgan fingerprint density at radius 1 is 1.09 bits per heavy atom. The maximum atomic E-state index is 6.26. The summed E-state index contributed by atoms with van der Waals surface area (Å²) >= 11 is 6.26. The van der Waals surface area contributed by atoms with Gasteiger partial charge in [0, 0.05) is 0 Å². The molecule has 122 valence electrons. The molecule has 0 saturated heterocycles. The van der Waals surface area contributed by atoms with Gasteiger partial charge in [0.25, 0.3) is 0 Å². The van der Waals surface area contributed by atoms with Crippen LogP contribution in [-0.4, -0.2) is 12.8 Å². The molecule has 0 aliphatic rings. The Kier molecular flexibility index (Phi) is 7.47. The predicted molar refractivity (Wildman–Crippen MR) is 98.7 cm³/mol. The average molecular weight is 331 g/mol. The van der Waals surface area contributed by atoms with E-state index in [1.54, 1.807) is 6.21 Å². The SMILES string of the molecule is CCCCCCOc1ccc(C=NNc2ccccc2)cc1Cl. The number of nitrogens with zero attached hydrogens (tertiary/aromatic N) is 1. The Hall–Kier alpha value is -2.00. The summed E-state index contributed by atoms with van der Waals surface area (Å²) in [6, 6.07) is 15.5. The molecule has 0 aliphatic heterocycles. The van der Waals surface area contributed by atoms with Gasteiger partial charge in [-0.3, -0.25) is 5.43 Å². The molecule has 0 aliphatic carbocycles. The summed E-state index contributed by atoms with van der Waals surface area (Å²) in [6.07, 6.45) is 6.48. The van der Waals surface area contributed by atoms with Crippen LogP contribution < -0.4 is 10.2 Å². The van der Waals surface area contributed by atoms with E-state index in [0.717, 1.165) is 23.4 Å². The van der Waals surface area contributed by atoms with Crippen molar-refractivity contribution >= 4 is 23.5 Å². The van der Waals surface area contributed by atoms with Gasteiger partial charge in [0.05, 0.1) is 23.5 Å². The molecule has 2 aromatic carbocycles. The minimum absolute atomic E-state index is 0.615. The number of hydrogen-bond donors (Lipinski definition) is 1. The predicted octanol–water partition coefficient (Wildman–Crippen LogP) is 5.75. The third kappa shape index (κ3) is 6.33. The lowest BCUT2D eigenvalue weighted by Gasteiger charge is -2.08. The molecule has 2 aromatic rings. The number of rotatable bonds is 9.